The monoisotopic (exact) mass is 236 g/mol. The van der Waals surface area contributed by atoms with E-state index in [-0.39, 0.29) is 5.97 Å². The minimum atomic E-state index is -0.218. The van der Waals surface area contributed by atoms with Crippen molar-refractivity contribution in [3.05, 3.63) is 23.9 Å². The van der Waals surface area contributed by atoms with Crippen molar-refractivity contribution < 1.29 is 9.53 Å². The molecular formula is C11H12N2O2S. The highest BCUT2D eigenvalue weighted by atomic mass is 32.2. The van der Waals surface area contributed by atoms with Crippen molar-refractivity contribution in [1.82, 2.24) is 4.98 Å². The van der Waals surface area contributed by atoms with Crippen LogP contribution in [-0.4, -0.2) is 23.3 Å². The zero-order valence-corrected chi connectivity index (χ0v) is 9.79. The topological polar surface area (TPSA) is 63.0 Å². The number of thioether (sulfide) groups is 1. The molecule has 0 saturated heterocycles. The molecule has 84 valence electrons. The molecule has 0 bridgehead atoms. The smallest absolute Gasteiger partial charge is 0.306 e. The fourth-order valence-electron chi connectivity index (χ4n) is 1.06. The number of nitrogens with zero attached hydrogens (tertiary/aromatic N) is 2. The van der Waals surface area contributed by atoms with Gasteiger partial charge in [0, 0.05) is 11.9 Å². The van der Waals surface area contributed by atoms with Gasteiger partial charge in [-0.25, -0.2) is 4.98 Å². The Balaban J connectivity index is 2.43. The fourth-order valence-corrected chi connectivity index (χ4v) is 1.92. The Labute approximate surface area is 98.6 Å². The minimum Gasteiger partial charge on any atom is -0.466 e. The van der Waals surface area contributed by atoms with E-state index in [1.54, 1.807) is 25.3 Å². The van der Waals surface area contributed by atoms with Crippen LogP contribution in [0.2, 0.25) is 0 Å². The molecule has 0 aromatic carbocycles. The van der Waals surface area contributed by atoms with E-state index in [2.05, 4.69) is 11.1 Å². The lowest BCUT2D eigenvalue weighted by atomic mass is 10.3. The average Bonchev–Trinajstić information content (AvgIpc) is 2.30. The molecule has 0 amide bonds. The first-order valence-corrected chi connectivity index (χ1v) is 5.90. The van der Waals surface area contributed by atoms with Gasteiger partial charge in [-0.2, -0.15) is 5.26 Å². The summed E-state index contributed by atoms with van der Waals surface area (Å²) in [5.74, 6) is 0.356. The van der Waals surface area contributed by atoms with Gasteiger partial charge >= 0.3 is 5.97 Å². The van der Waals surface area contributed by atoms with Crippen molar-refractivity contribution in [2.75, 3.05) is 12.4 Å². The number of pyridine rings is 1. The predicted molar refractivity (Wildman–Crippen MR) is 60.9 cm³/mol. The number of hydrogen-bond acceptors (Lipinski definition) is 5. The van der Waals surface area contributed by atoms with E-state index in [4.69, 9.17) is 10.00 Å². The summed E-state index contributed by atoms with van der Waals surface area (Å²) in [7, 11) is 0. The van der Waals surface area contributed by atoms with Crippen molar-refractivity contribution in [2.45, 2.75) is 18.4 Å². The third-order valence-corrected chi connectivity index (χ3v) is 2.75. The van der Waals surface area contributed by atoms with E-state index in [0.717, 1.165) is 0 Å². The third kappa shape index (κ3) is 3.91. The first-order valence-electron chi connectivity index (χ1n) is 4.91. The van der Waals surface area contributed by atoms with Crippen LogP contribution >= 0.6 is 11.8 Å². The minimum absolute atomic E-state index is 0.218. The molecule has 0 aliphatic carbocycles. The zero-order valence-electron chi connectivity index (χ0n) is 8.97. The molecule has 1 rings (SSSR count). The molecule has 0 N–H and O–H groups in total. The maximum atomic E-state index is 11.1. The van der Waals surface area contributed by atoms with Crippen LogP contribution in [0.4, 0.5) is 0 Å². The van der Waals surface area contributed by atoms with Gasteiger partial charge in [-0.1, -0.05) is 0 Å². The molecule has 0 fully saturated rings. The zero-order chi connectivity index (χ0) is 11.8. The highest BCUT2D eigenvalue weighted by molar-refractivity contribution is 7.99. The number of ether oxygens (including phenoxy) is 1. The molecule has 1 heterocycles. The van der Waals surface area contributed by atoms with Gasteiger partial charge in [-0.3, -0.25) is 4.79 Å². The normalized spacial score (nSPS) is 9.50. The molecule has 1 aromatic heterocycles. The van der Waals surface area contributed by atoms with Crippen LogP contribution in [0.25, 0.3) is 0 Å². The summed E-state index contributed by atoms with van der Waals surface area (Å²) in [5, 5.41) is 9.48. The molecular weight excluding hydrogens is 224 g/mol. The summed E-state index contributed by atoms with van der Waals surface area (Å²) < 4.78 is 4.80. The van der Waals surface area contributed by atoms with E-state index in [9.17, 15) is 4.79 Å². The number of nitriles is 1. The number of carbonyl (C=O) groups excluding carboxylic acids is 1. The van der Waals surface area contributed by atoms with Crippen molar-refractivity contribution in [2.24, 2.45) is 0 Å². The van der Waals surface area contributed by atoms with Crippen LogP contribution < -0.4 is 0 Å². The number of carbonyl (C=O) groups is 1. The average molecular weight is 236 g/mol. The number of hydrogen-bond donors (Lipinski definition) is 0. The molecule has 0 aliphatic heterocycles. The molecule has 0 saturated carbocycles. The highest BCUT2D eigenvalue weighted by Gasteiger charge is 2.06. The Hall–Kier alpha value is -1.54. The van der Waals surface area contributed by atoms with Crippen LogP contribution in [0.15, 0.2) is 23.4 Å². The second-order valence-electron chi connectivity index (χ2n) is 2.87. The highest BCUT2D eigenvalue weighted by Crippen LogP contribution is 2.19. The maximum absolute atomic E-state index is 11.1. The SMILES string of the molecule is CCOC(=O)CCSc1ncccc1C#N. The predicted octanol–water partition coefficient (Wildman–Crippen LogP) is 2.00. The third-order valence-electron chi connectivity index (χ3n) is 1.74. The van der Waals surface area contributed by atoms with Crippen molar-refractivity contribution in [3.8, 4) is 6.07 Å². The first kappa shape index (κ1) is 12.5. The van der Waals surface area contributed by atoms with Gasteiger partial charge in [0.2, 0.25) is 0 Å². The molecule has 4 nitrogen and oxygen atoms in total. The molecule has 0 aliphatic rings. The molecule has 5 heteroatoms. The largest absolute Gasteiger partial charge is 0.466 e. The summed E-state index contributed by atoms with van der Waals surface area (Å²) in [4.78, 5) is 15.1. The van der Waals surface area contributed by atoms with Crippen molar-refractivity contribution in [3.63, 3.8) is 0 Å². The summed E-state index contributed by atoms with van der Waals surface area (Å²) >= 11 is 1.39. The summed E-state index contributed by atoms with van der Waals surface area (Å²) in [6.07, 6.45) is 1.97. The number of esters is 1. The Morgan fingerprint density at radius 1 is 1.69 bits per heavy atom. The van der Waals surface area contributed by atoms with Gasteiger partial charge in [0.05, 0.1) is 18.6 Å². The van der Waals surface area contributed by atoms with Crippen LogP contribution in [0.3, 0.4) is 0 Å². The summed E-state index contributed by atoms with van der Waals surface area (Å²) in [6, 6.07) is 5.48. The van der Waals surface area contributed by atoms with E-state index in [0.29, 0.717) is 29.4 Å². The quantitative estimate of drug-likeness (QED) is 0.578. The van der Waals surface area contributed by atoms with Crippen molar-refractivity contribution >= 4 is 17.7 Å². The van der Waals surface area contributed by atoms with Crippen LogP contribution in [0.5, 0.6) is 0 Å². The maximum Gasteiger partial charge on any atom is 0.306 e. The molecule has 0 radical (unpaired) electrons. The van der Waals surface area contributed by atoms with Crippen LogP contribution in [-0.2, 0) is 9.53 Å². The van der Waals surface area contributed by atoms with Crippen LogP contribution in [0, 0.1) is 11.3 Å². The molecule has 0 spiro atoms. The standard InChI is InChI=1S/C11H12N2O2S/c1-2-15-10(14)5-7-16-11-9(8-12)4-3-6-13-11/h3-4,6H,2,5,7H2,1H3. The van der Waals surface area contributed by atoms with Crippen LogP contribution in [0.1, 0.15) is 18.9 Å². The van der Waals surface area contributed by atoms with Crippen molar-refractivity contribution in [1.29, 1.82) is 5.26 Å². The van der Waals surface area contributed by atoms with Gasteiger partial charge in [0.1, 0.15) is 11.1 Å². The number of aromatic nitrogens is 1. The van der Waals surface area contributed by atoms with Gasteiger partial charge in [0.25, 0.3) is 0 Å². The summed E-state index contributed by atoms with van der Waals surface area (Å²) in [6.45, 7) is 2.17. The van der Waals surface area contributed by atoms with Gasteiger partial charge in [-0.05, 0) is 19.1 Å². The lowest BCUT2D eigenvalue weighted by molar-refractivity contribution is -0.142. The van der Waals surface area contributed by atoms with E-state index >= 15 is 0 Å². The first-order chi connectivity index (χ1) is 7.77. The van der Waals surface area contributed by atoms with Gasteiger partial charge in [-0.15, -0.1) is 11.8 Å². The lowest BCUT2D eigenvalue weighted by Gasteiger charge is -2.02. The summed E-state index contributed by atoms with van der Waals surface area (Å²) in [5.41, 5.74) is 0.538. The number of rotatable bonds is 5. The molecule has 0 atom stereocenters. The lowest BCUT2D eigenvalue weighted by Crippen LogP contribution is -2.04. The second kappa shape index (κ2) is 6.85. The molecule has 0 unspecified atom stereocenters. The van der Waals surface area contributed by atoms with E-state index in [1.165, 1.54) is 11.8 Å². The van der Waals surface area contributed by atoms with Gasteiger partial charge < -0.3 is 4.74 Å². The molecule has 1 aromatic rings. The Morgan fingerprint density at radius 3 is 3.19 bits per heavy atom. The Kier molecular flexibility index (Phi) is 5.37. The fraction of sp³-hybridized carbons (Fsp3) is 0.364. The van der Waals surface area contributed by atoms with E-state index < -0.39 is 0 Å². The van der Waals surface area contributed by atoms with E-state index in [1.807, 2.05) is 0 Å². The van der Waals surface area contributed by atoms with Gasteiger partial charge in [0.15, 0.2) is 0 Å². The Bertz CT molecular complexity index is 401. The second-order valence-corrected chi connectivity index (χ2v) is 3.96. The Morgan fingerprint density at radius 2 is 2.50 bits per heavy atom. The molecule has 16 heavy (non-hydrogen) atoms.